The van der Waals surface area contributed by atoms with E-state index in [1.165, 1.54) is 18.2 Å². The number of carbonyl (C=O) groups is 1. The lowest BCUT2D eigenvalue weighted by Crippen LogP contribution is -2.39. The Kier molecular flexibility index (Phi) is 5.38. The molecule has 1 aromatic heterocycles. The van der Waals surface area contributed by atoms with Gasteiger partial charge >= 0.3 is 6.18 Å². The number of alkyl halides is 3. The number of amides is 1. The number of aromatic nitrogens is 1. The van der Waals surface area contributed by atoms with Crippen molar-refractivity contribution in [2.45, 2.75) is 31.7 Å². The van der Waals surface area contributed by atoms with Gasteiger partial charge in [-0.2, -0.15) is 13.2 Å². The number of para-hydroxylation sites is 1. The second kappa shape index (κ2) is 7.91. The summed E-state index contributed by atoms with van der Waals surface area (Å²) in [6, 6.07) is 18.0. The van der Waals surface area contributed by atoms with Gasteiger partial charge in [-0.15, -0.1) is 0 Å². The fraction of sp³-hybridized carbons (Fsp3) is 0.200. The largest absolute Gasteiger partial charge is 0.421 e. The summed E-state index contributed by atoms with van der Waals surface area (Å²) >= 11 is 0. The van der Waals surface area contributed by atoms with E-state index in [4.69, 9.17) is 0 Å². The summed E-state index contributed by atoms with van der Waals surface area (Å²) in [5.74, 6) is -0.299. The Balaban J connectivity index is 1.59. The number of pyridine rings is 1. The quantitative estimate of drug-likeness (QED) is 0.433. The summed E-state index contributed by atoms with van der Waals surface area (Å²) in [6.45, 7) is 2.60. The van der Waals surface area contributed by atoms with E-state index in [9.17, 15) is 23.1 Å². The molecule has 0 radical (unpaired) electrons. The molecule has 0 bridgehead atoms. The molecule has 7 heteroatoms. The minimum Gasteiger partial charge on any atom is -0.376 e. The SMILES string of the molecule is CC(NC(=O)c1ccc2cc(C(C)(O)C(F)(F)F)ccc2c1)c1ccnc2ccccc12. The molecule has 1 heterocycles. The maximum atomic E-state index is 13.1. The van der Waals surface area contributed by atoms with Crippen LogP contribution in [0.15, 0.2) is 72.9 Å². The van der Waals surface area contributed by atoms with Gasteiger partial charge < -0.3 is 10.4 Å². The summed E-state index contributed by atoms with van der Waals surface area (Å²) < 4.78 is 39.4. The molecule has 2 N–H and O–H groups in total. The smallest absolute Gasteiger partial charge is 0.376 e. The molecule has 32 heavy (non-hydrogen) atoms. The highest BCUT2D eigenvalue weighted by Gasteiger charge is 2.51. The Morgan fingerprint density at radius 1 is 1.00 bits per heavy atom. The van der Waals surface area contributed by atoms with Crippen molar-refractivity contribution in [2.24, 2.45) is 0 Å². The van der Waals surface area contributed by atoms with Gasteiger partial charge in [0, 0.05) is 17.1 Å². The van der Waals surface area contributed by atoms with Gasteiger partial charge in [0.05, 0.1) is 11.6 Å². The molecule has 4 nitrogen and oxygen atoms in total. The molecular formula is C25H21F3N2O2. The van der Waals surface area contributed by atoms with E-state index in [0.29, 0.717) is 16.3 Å². The van der Waals surface area contributed by atoms with E-state index in [0.717, 1.165) is 23.4 Å². The number of fused-ring (bicyclic) bond motifs is 2. The predicted octanol–water partition coefficient (Wildman–Crippen LogP) is 5.65. The maximum Gasteiger partial charge on any atom is 0.421 e. The second-order valence-corrected chi connectivity index (χ2v) is 7.96. The number of hydrogen-bond acceptors (Lipinski definition) is 3. The summed E-state index contributed by atoms with van der Waals surface area (Å²) in [7, 11) is 0. The number of aliphatic hydroxyl groups is 1. The average molecular weight is 438 g/mol. The Hall–Kier alpha value is -3.45. The van der Waals surface area contributed by atoms with E-state index in [-0.39, 0.29) is 17.5 Å². The molecule has 1 amide bonds. The Morgan fingerprint density at radius 3 is 2.44 bits per heavy atom. The first kappa shape index (κ1) is 21.8. The molecule has 0 aliphatic heterocycles. The number of rotatable bonds is 4. The van der Waals surface area contributed by atoms with Gasteiger partial charge in [0.25, 0.3) is 5.91 Å². The van der Waals surface area contributed by atoms with E-state index in [1.54, 1.807) is 24.4 Å². The third-order valence-electron chi connectivity index (χ3n) is 5.71. The van der Waals surface area contributed by atoms with E-state index < -0.39 is 11.8 Å². The minimum absolute atomic E-state index is 0.257. The molecule has 4 aromatic rings. The van der Waals surface area contributed by atoms with Gasteiger partial charge in [-0.1, -0.05) is 36.4 Å². The number of carbonyl (C=O) groups excluding carboxylic acids is 1. The van der Waals surface area contributed by atoms with Crippen LogP contribution in [0.4, 0.5) is 13.2 Å². The van der Waals surface area contributed by atoms with E-state index in [1.807, 2.05) is 37.3 Å². The molecule has 0 fully saturated rings. The van der Waals surface area contributed by atoms with Crippen molar-refractivity contribution in [3.63, 3.8) is 0 Å². The van der Waals surface area contributed by atoms with Crippen molar-refractivity contribution in [2.75, 3.05) is 0 Å². The first-order chi connectivity index (χ1) is 15.1. The van der Waals surface area contributed by atoms with Crippen LogP contribution in [0.25, 0.3) is 21.7 Å². The zero-order valence-corrected chi connectivity index (χ0v) is 17.4. The van der Waals surface area contributed by atoms with Crippen LogP contribution in [-0.4, -0.2) is 22.2 Å². The van der Waals surface area contributed by atoms with E-state index in [2.05, 4.69) is 10.3 Å². The van der Waals surface area contributed by atoms with Gasteiger partial charge in [0.15, 0.2) is 5.60 Å². The van der Waals surface area contributed by atoms with E-state index >= 15 is 0 Å². The lowest BCUT2D eigenvalue weighted by Gasteiger charge is -2.27. The molecule has 3 aromatic carbocycles. The first-order valence-electron chi connectivity index (χ1n) is 10.1. The highest BCUT2D eigenvalue weighted by Crippen LogP contribution is 2.39. The van der Waals surface area contributed by atoms with Crippen LogP contribution in [-0.2, 0) is 5.60 Å². The molecule has 0 aliphatic rings. The van der Waals surface area contributed by atoms with Crippen LogP contribution in [0.5, 0.6) is 0 Å². The highest BCUT2D eigenvalue weighted by molar-refractivity contribution is 5.99. The van der Waals surface area contributed by atoms with Gasteiger partial charge in [-0.25, -0.2) is 0 Å². The zero-order valence-electron chi connectivity index (χ0n) is 17.4. The summed E-state index contributed by atoms with van der Waals surface area (Å²) in [5.41, 5.74) is -1.06. The molecule has 0 saturated carbocycles. The monoisotopic (exact) mass is 438 g/mol. The standard InChI is InChI=1S/C25H21F3N2O2/c1-15(20-11-12-29-22-6-4-3-5-21(20)22)30-23(31)18-8-7-17-14-19(10-9-16(17)13-18)24(2,32)25(26,27)28/h3-15,32H,1-2H3,(H,30,31). The summed E-state index contributed by atoms with van der Waals surface area (Å²) in [5, 5.41) is 14.9. The van der Waals surface area contributed by atoms with Crippen molar-refractivity contribution in [3.05, 3.63) is 89.6 Å². The number of nitrogens with zero attached hydrogens (tertiary/aromatic N) is 1. The minimum atomic E-state index is -4.80. The average Bonchev–Trinajstić information content (AvgIpc) is 2.77. The molecule has 164 valence electrons. The Labute approximate surface area is 182 Å². The molecule has 2 atom stereocenters. The zero-order chi connectivity index (χ0) is 23.1. The normalized spacial score (nSPS) is 14.8. The van der Waals surface area contributed by atoms with Crippen molar-refractivity contribution in [1.29, 1.82) is 0 Å². The van der Waals surface area contributed by atoms with Gasteiger partial charge in [0.1, 0.15) is 0 Å². The first-order valence-corrected chi connectivity index (χ1v) is 10.1. The Morgan fingerprint density at radius 2 is 1.69 bits per heavy atom. The van der Waals surface area contributed by atoms with Gasteiger partial charge in [0.2, 0.25) is 0 Å². The fourth-order valence-electron chi connectivity index (χ4n) is 3.71. The van der Waals surface area contributed by atoms with Crippen LogP contribution in [0, 0.1) is 0 Å². The van der Waals surface area contributed by atoms with Crippen LogP contribution in [0.3, 0.4) is 0 Å². The lowest BCUT2D eigenvalue weighted by molar-refractivity contribution is -0.258. The molecule has 0 spiro atoms. The van der Waals surface area contributed by atoms with Crippen molar-refractivity contribution in [3.8, 4) is 0 Å². The predicted molar refractivity (Wildman–Crippen MR) is 117 cm³/mol. The molecule has 4 rings (SSSR count). The number of nitrogens with one attached hydrogen (secondary N) is 1. The number of halogens is 3. The maximum absolute atomic E-state index is 13.1. The van der Waals surface area contributed by atoms with Crippen molar-refractivity contribution < 1.29 is 23.1 Å². The third-order valence-corrected chi connectivity index (χ3v) is 5.71. The van der Waals surface area contributed by atoms with Crippen LogP contribution in [0.1, 0.15) is 41.4 Å². The van der Waals surface area contributed by atoms with Crippen LogP contribution >= 0.6 is 0 Å². The fourth-order valence-corrected chi connectivity index (χ4v) is 3.71. The topological polar surface area (TPSA) is 62.2 Å². The summed E-state index contributed by atoms with van der Waals surface area (Å²) in [4.78, 5) is 17.2. The second-order valence-electron chi connectivity index (χ2n) is 7.96. The Bertz CT molecular complexity index is 1310. The molecule has 0 aliphatic carbocycles. The highest BCUT2D eigenvalue weighted by atomic mass is 19.4. The third kappa shape index (κ3) is 3.91. The number of benzene rings is 3. The molecular weight excluding hydrogens is 417 g/mol. The van der Waals surface area contributed by atoms with Gasteiger partial charge in [-0.3, -0.25) is 9.78 Å². The summed E-state index contributed by atoms with van der Waals surface area (Å²) in [6.07, 6.45) is -3.10. The van der Waals surface area contributed by atoms with Crippen molar-refractivity contribution in [1.82, 2.24) is 10.3 Å². The lowest BCUT2D eigenvalue weighted by atomic mass is 9.92. The van der Waals surface area contributed by atoms with Crippen LogP contribution in [0.2, 0.25) is 0 Å². The van der Waals surface area contributed by atoms with Gasteiger partial charge in [-0.05, 0) is 66.1 Å². The van der Waals surface area contributed by atoms with Crippen LogP contribution < -0.4 is 5.32 Å². The van der Waals surface area contributed by atoms with Crippen molar-refractivity contribution >= 4 is 27.6 Å². The molecule has 2 unspecified atom stereocenters. The number of hydrogen-bond donors (Lipinski definition) is 2. The molecule has 0 saturated heterocycles.